The van der Waals surface area contributed by atoms with Crippen molar-refractivity contribution < 1.29 is 35.3 Å². The van der Waals surface area contributed by atoms with E-state index in [1.54, 1.807) is 30.3 Å². The Morgan fingerprint density at radius 1 is 1.00 bits per heavy atom. The van der Waals surface area contributed by atoms with Gasteiger partial charge in [0, 0.05) is 11.8 Å². The van der Waals surface area contributed by atoms with Crippen LogP contribution in [0, 0.1) is 0 Å². The molecule has 22 heavy (non-hydrogen) atoms. The van der Waals surface area contributed by atoms with Gasteiger partial charge in [0.2, 0.25) is 0 Å². The molecule has 0 heterocycles. The monoisotopic (exact) mass is 383 g/mol. The summed E-state index contributed by atoms with van der Waals surface area (Å²) >= 11 is -0.556. The first-order chi connectivity index (χ1) is 10.4. The first kappa shape index (κ1) is 19.0. The minimum atomic E-state index is -4.58. The second kappa shape index (κ2) is 9.20. The Bertz CT molecular complexity index is 621. The van der Waals surface area contributed by atoms with E-state index in [0.29, 0.717) is 5.69 Å². The molecule has 0 bridgehead atoms. The van der Waals surface area contributed by atoms with Crippen molar-refractivity contribution in [2.75, 3.05) is 0 Å². The number of rotatable bonds is 2. The average Bonchev–Trinajstić information content (AvgIpc) is 2.47. The zero-order valence-corrected chi connectivity index (χ0v) is 14.1. The molecule has 0 unspecified atom stereocenters. The molecule has 2 nitrogen and oxygen atoms in total. The van der Waals surface area contributed by atoms with Crippen molar-refractivity contribution in [1.82, 2.24) is 0 Å². The number of phenols is 1. The number of nitrogens with zero attached hydrogens (tertiary/aromatic N) is 1. The Labute approximate surface area is 142 Å². The number of alkyl halides is 3. The summed E-state index contributed by atoms with van der Waals surface area (Å²) in [4.78, 5) is 4.01. The van der Waals surface area contributed by atoms with E-state index in [-0.39, 0.29) is 5.56 Å². The SMILES string of the molecule is Oc1c(C=Nc2ccccc2)cccc1C(F)(F)F.[Cl][Ti][Cl]. The van der Waals surface area contributed by atoms with E-state index in [0.717, 1.165) is 6.07 Å². The van der Waals surface area contributed by atoms with Crippen molar-refractivity contribution in [3.63, 3.8) is 0 Å². The van der Waals surface area contributed by atoms with Gasteiger partial charge in [-0.2, -0.15) is 13.2 Å². The van der Waals surface area contributed by atoms with Crippen LogP contribution in [0.5, 0.6) is 5.75 Å². The summed E-state index contributed by atoms with van der Waals surface area (Å²) in [6.45, 7) is 0. The molecule has 0 amide bonds. The van der Waals surface area contributed by atoms with E-state index < -0.39 is 34.5 Å². The summed E-state index contributed by atoms with van der Waals surface area (Å²) in [6, 6.07) is 12.2. The van der Waals surface area contributed by atoms with E-state index >= 15 is 0 Å². The van der Waals surface area contributed by atoms with Crippen molar-refractivity contribution in [2.45, 2.75) is 6.18 Å². The first-order valence-corrected chi connectivity index (χ1v) is 10.1. The average molecular weight is 384 g/mol. The fraction of sp³-hybridized carbons (Fsp3) is 0.0714. The fourth-order valence-corrected chi connectivity index (χ4v) is 1.55. The van der Waals surface area contributed by atoms with Crippen LogP contribution in [0.1, 0.15) is 11.1 Å². The number of hydrogen-bond donors (Lipinski definition) is 1. The number of aromatic hydroxyl groups is 1. The molecule has 0 aromatic heterocycles. The Hall–Kier alpha value is -1.01. The van der Waals surface area contributed by atoms with Crippen molar-refractivity contribution in [3.8, 4) is 5.75 Å². The molecule has 0 aliphatic rings. The third-order valence-electron chi connectivity index (χ3n) is 2.48. The summed E-state index contributed by atoms with van der Waals surface area (Å²) in [5, 5.41) is 9.59. The zero-order chi connectivity index (χ0) is 16.6. The van der Waals surface area contributed by atoms with Crippen molar-refractivity contribution in [1.29, 1.82) is 0 Å². The van der Waals surface area contributed by atoms with Gasteiger partial charge in [0.05, 0.1) is 11.3 Å². The summed E-state index contributed by atoms with van der Waals surface area (Å²) in [6.07, 6.45) is -3.37. The Kier molecular flexibility index (Phi) is 7.97. The predicted octanol–water partition coefficient (Wildman–Crippen LogP) is 5.54. The molecule has 0 radical (unpaired) electrons. The number of phenolic OH excluding ortho intramolecular Hbond substituents is 1. The van der Waals surface area contributed by atoms with E-state index in [4.69, 9.17) is 18.6 Å². The summed E-state index contributed by atoms with van der Waals surface area (Å²) in [5.41, 5.74) is -0.442. The quantitative estimate of drug-likeness (QED) is 0.536. The van der Waals surface area contributed by atoms with E-state index in [1.807, 2.05) is 0 Å². The molecule has 0 aliphatic heterocycles. The summed E-state index contributed by atoms with van der Waals surface area (Å²) in [7, 11) is 9.78. The number of para-hydroxylation sites is 2. The molecule has 0 fully saturated rings. The van der Waals surface area contributed by atoms with Crippen molar-refractivity contribution in [3.05, 3.63) is 59.7 Å². The Balaban J connectivity index is 0.000000745. The van der Waals surface area contributed by atoms with Gasteiger partial charge in [-0.3, -0.25) is 4.99 Å². The molecule has 8 heteroatoms. The van der Waals surface area contributed by atoms with Crippen LogP contribution >= 0.6 is 18.6 Å². The van der Waals surface area contributed by atoms with Gasteiger partial charge in [0.25, 0.3) is 0 Å². The van der Waals surface area contributed by atoms with Gasteiger partial charge < -0.3 is 5.11 Å². The van der Waals surface area contributed by atoms with Gasteiger partial charge in [-0.15, -0.1) is 0 Å². The van der Waals surface area contributed by atoms with Crippen LogP contribution in [0.3, 0.4) is 0 Å². The molecule has 0 saturated heterocycles. The molecule has 0 atom stereocenters. The second-order valence-electron chi connectivity index (χ2n) is 3.91. The van der Waals surface area contributed by atoms with Gasteiger partial charge in [0.1, 0.15) is 5.75 Å². The number of benzene rings is 2. The summed E-state index contributed by atoms with van der Waals surface area (Å²) < 4.78 is 37.8. The normalized spacial score (nSPS) is 11.0. The maximum atomic E-state index is 12.6. The molecule has 2 rings (SSSR count). The molecule has 1 N–H and O–H groups in total. The molecule has 0 saturated carbocycles. The van der Waals surface area contributed by atoms with Gasteiger partial charge in [-0.05, 0) is 24.3 Å². The Morgan fingerprint density at radius 2 is 1.59 bits per heavy atom. The van der Waals surface area contributed by atoms with Crippen LogP contribution in [-0.2, 0) is 23.2 Å². The molecular weight excluding hydrogens is 374 g/mol. The first-order valence-electron chi connectivity index (χ1n) is 5.84. The second-order valence-corrected chi connectivity index (χ2v) is 6.49. The van der Waals surface area contributed by atoms with Crippen LogP contribution in [0.25, 0.3) is 0 Å². The van der Waals surface area contributed by atoms with Crippen molar-refractivity contribution in [2.24, 2.45) is 4.99 Å². The van der Waals surface area contributed by atoms with Crippen LogP contribution in [0.15, 0.2) is 53.5 Å². The molecule has 0 aliphatic carbocycles. The van der Waals surface area contributed by atoms with Gasteiger partial charge in [0.15, 0.2) is 0 Å². The number of halogens is 5. The van der Waals surface area contributed by atoms with Crippen LogP contribution in [0.4, 0.5) is 18.9 Å². The van der Waals surface area contributed by atoms with Crippen LogP contribution in [-0.4, -0.2) is 11.3 Å². The summed E-state index contributed by atoms with van der Waals surface area (Å²) in [5.74, 6) is -0.810. The molecule has 0 spiro atoms. The number of hydrogen-bond acceptors (Lipinski definition) is 2. The Morgan fingerprint density at radius 3 is 2.14 bits per heavy atom. The van der Waals surface area contributed by atoms with Crippen LogP contribution < -0.4 is 0 Å². The topological polar surface area (TPSA) is 32.6 Å². The molecule has 116 valence electrons. The number of aliphatic imine (C=N–C) groups is 1. The molecule has 2 aromatic carbocycles. The van der Waals surface area contributed by atoms with Gasteiger partial charge in [-0.1, -0.05) is 24.3 Å². The zero-order valence-electron chi connectivity index (χ0n) is 11.0. The minimum absolute atomic E-state index is 0.0266. The molecule has 2 aromatic rings. The maximum absolute atomic E-state index is 12.6. The van der Waals surface area contributed by atoms with Gasteiger partial charge >= 0.3 is 41.8 Å². The third kappa shape index (κ3) is 6.01. The standard InChI is InChI=1S/C14H10F3NO.2ClH.Ti/c15-14(16,17)12-8-4-5-10(13(12)19)9-18-11-6-2-1-3-7-11;;;/h1-9,19H;2*1H;/q;;;+2/p-2. The van der Waals surface area contributed by atoms with Gasteiger partial charge in [-0.25, -0.2) is 0 Å². The molecular formula is C14H10Cl2F3NOTi. The van der Waals surface area contributed by atoms with E-state index in [1.165, 1.54) is 18.3 Å². The fourth-order valence-electron chi connectivity index (χ4n) is 1.55. The van der Waals surface area contributed by atoms with Crippen LogP contribution in [0.2, 0.25) is 0 Å². The third-order valence-corrected chi connectivity index (χ3v) is 2.48. The van der Waals surface area contributed by atoms with E-state index in [2.05, 4.69) is 4.99 Å². The van der Waals surface area contributed by atoms with E-state index in [9.17, 15) is 18.3 Å². The predicted molar refractivity (Wildman–Crippen MR) is 78.5 cm³/mol. The van der Waals surface area contributed by atoms with Crippen molar-refractivity contribution >= 4 is 30.5 Å².